The molecule has 1 atom stereocenters. The van der Waals surface area contributed by atoms with Crippen molar-refractivity contribution in [2.45, 2.75) is 40.2 Å². The van der Waals surface area contributed by atoms with Crippen molar-refractivity contribution in [2.75, 3.05) is 0 Å². The molecule has 0 aromatic carbocycles. The van der Waals surface area contributed by atoms with Gasteiger partial charge in [0.25, 0.3) is 0 Å². The normalized spacial score (nSPS) is 12.6. The summed E-state index contributed by atoms with van der Waals surface area (Å²) in [6, 6.07) is 0.0287. The van der Waals surface area contributed by atoms with Crippen molar-refractivity contribution in [3.05, 3.63) is 17.0 Å². The van der Waals surface area contributed by atoms with Crippen LogP contribution in [0.15, 0.2) is 0 Å². The Hall–Kier alpha value is -1.36. The van der Waals surface area contributed by atoms with Gasteiger partial charge in [0.15, 0.2) is 0 Å². The molecule has 1 rings (SSSR count). The predicted molar refractivity (Wildman–Crippen MR) is 58.1 cm³/mol. The van der Waals surface area contributed by atoms with Crippen LogP contribution in [0.4, 0.5) is 0 Å². The fourth-order valence-corrected chi connectivity index (χ4v) is 1.59. The fraction of sp³-hybridized carbons (Fsp3) is 0.600. The predicted octanol–water partition coefficient (Wildman–Crippen LogP) is 0.749. The smallest absolute Gasteiger partial charge is 0.236 e. The number of aryl methyl sites for hydroxylation is 1. The first-order valence-corrected chi connectivity index (χ1v) is 4.99. The third-order valence-electron chi connectivity index (χ3n) is 2.75. The Balaban J connectivity index is 2.87. The van der Waals surface area contributed by atoms with E-state index in [0.717, 1.165) is 11.4 Å². The Morgan fingerprint density at radius 1 is 1.53 bits per heavy atom. The molecule has 0 radical (unpaired) electrons. The standard InChI is InChI=1S/C10H18N4O/c1-6(5-10(15)12-11)14-9(4)7(2)8(3)13-14/h6H,5,11H2,1-4H3,(H,12,15)/t6-/m1/s1. The highest BCUT2D eigenvalue weighted by molar-refractivity contribution is 5.75. The average Bonchev–Trinajstić information content (AvgIpc) is 2.45. The minimum absolute atomic E-state index is 0.0287. The quantitative estimate of drug-likeness (QED) is 0.439. The van der Waals surface area contributed by atoms with E-state index in [4.69, 9.17) is 5.84 Å². The first kappa shape index (κ1) is 11.7. The highest BCUT2D eigenvalue weighted by atomic mass is 16.2. The number of hydrogen-bond acceptors (Lipinski definition) is 3. The van der Waals surface area contributed by atoms with E-state index in [0.29, 0.717) is 6.42 Å². The Morgan fingerprint density at radius 3 is 2.53 bits per heavy atom. The van der Waals surface area contributed by atoms with Crippen LogP contribution >= 0.6 is 0 Å². The van der Waals surface area contributed by atoms with Crippen molar-refractivity contribution in [1.29, 1.82) is 0 Å². The van der Waals surface area contributed by atoms with Gasteiger partial charge in [-0.05, 0) is 33.3 Å². The molecular weight excluding hydrogens is 192 g/mol. The maximum Gasteiger partial charge on any atom is 0.236 e. The van der Waals surface area contributed by atoms with Gasteiger partial charge in [0.1, 0.15) is 0 Å². The Morgan fingerprint density at radius 2 is 2.13 bits per heavy atom. The number of rotatable bonds is 3. The van der Waals surface area contributed by atoms with Gasteiger partial charge in [-0.2, -0.15) is 5.10 Å². The topological polar surface area (TPSA) is 72.9 Å². The minimum atomic E-state index is -0.173. The molecule has 5 nitrogen and oxygen atoms in total. The van der Waals surface area contributed by atoms with E-state index in [2.05, 4.69) is 10.5 Å². The van der Waals surface area contributed by atoms with Crippen LogP contribution < -0.4 is 11.3 Å². The van der Waals surface area contributed by atoms with Crippen molar-refractivity contribution in [1.82, 2.24) is 15.2 Å². The highest BCUT2D eigenvalue weighted by Crippen LogP contribution is 2.18. The zero-order valence-electron chi connectivity index (χ0n) is 9.66. The molecule has 1 aromatic rings. The lowest BCUT2D eigenvalue weighted by molar-refractivity contribution is -0.121. The van der Waals surface area contributed by atoms with Crippen LogP contribution in [0.1, 0.15) is 36.3 Å². The second-order valence-electron chi connectivity index (χ2n) is 3.86. The molecular formula is C10H18N4O. The molecule has 0 bridgehead atoms. The van der Waals surface area contributed by atoms with Crippen molar-refractivity contribution in [3.8, 4) is 0 Å². The molecule has 0 unspecified atom stereocenters. The summed E-state index contributed by atoms with van der Waals surface area (Å²) in [5, 5.41) is 4.39. The molecule has 0 spiro atoms. The summed E-state index contributed by atoms with van der Waals surface area (Å²) in [5.74, 6) is 4.87. The molecule has 84 valence electrons. The summed E-state index contributed by atoms with van der Waals surface area (Å²) >= 11 is 0. The van der Waals surface area contributed by atoms with E-state index in [-0.39, 0.29) is 11.9 Å². The zero-order chi connectivity index (χ0) is 11.6. The Kier molecular flexibility index (Phi) is 3.47. The van der Waals surface area contributed by atoms with Gasteiger partial charge < -0.3 is 0 Å². The van der Waals surface area contributed by atoms with Gasteiger partial charge in [-0.3, -0.25) is 14.9 Å². The lowest BCUT2D eigenvalue weighted by Gasteiger charge is -2.13. The Bertz CT molecular complexity index is 370. The summed E-state index contributed by atoms with van der Waals surface area (Å²) in [4.78, 5) is 11.1. The summed E-state index contributed by atoms with van der Waals surface area (Å²) in [5.41, 5.74) is 5.41. The van der Waals surface area contributed by atoms with Gasteiger partial charge in [0, 0.05) is 5.69 Å². The summed E-state index contributed by atoms with van der Waals surface area (Å²) < 4.78 is 1.87. The van der Waals surface area contributed by atoms with Crippen LogP contribution in [0.5, 0.6) is 0 Å². The van der Waals surface area contributed by atoms with Gasteiger partial charge in [-0.25, -0.2) is 5.84 Å². The maximum absolute atomic E-state index is 11.1. The first-order valence-electron chi connectivity index (χ1n) is 4.99. The number of carbonyl (C=O) groups is 1. The molecule has 5 heteroatoms. The van der Waals surface area contributed by atoms with Crippen molar-refractivity contribution < 1.29 is 4.79 Å². The van der Waals surface area contributed by atoms with E-state index >= 15 is 0 Å². The zero-order valence-corrected chi connectivity index (χ0v) is 9.66. The fourth-order valence-electron chi connectivity index (χ4n) is 1.59. The van der Waals surface area contributed by atoms with Crippen LogP contribution in [-0.2, 0) is 4.79 Å². The van der Waals surface area contributed by atoms with Gasteiger partial charge in [0.05, 0.1) is 18.2 Å². The van der Waals surface area contributed by atoms with E-state index in [1.54, 1.807) is 0 Å². The number of nitrogens with one attached hydrogen (secondary N) is 1. The van der Waals surface area contributed by atoms with Crippen LogP contribution in [-0.4, -0.2) is 15.7 Å². The molecule has 1 aromatic heterocycles. The molecule has 1 heterocycles. The second kappa shape index (κ2) is 4.44. The lowest BCUT2D eigenvalue weighted by atomic mass is 10.2. The lowest BCUT2D eigenvalue weighted by Crippen LogP contribution is -2.31. The number of aromatic nitrogens is 2. The molecule has 0 aliphatic carbocycles. The monoisotopic (exact) mass is 210 g/mol. The number of hydrazine groups is 1. The van der Waals surface area contributed by atoms with Gasteiger partial charge in [-0.1, -0.05) is 0 Å². The third-order valence-corrected chi connectivity index (χ3v) is 2.75. The Labute approximate surface area is 89.6 Å². The number of nitrogens with two attached hydrogens (primary N) is 1. The number of carbonyl (C=O) groups excluding carboxylic acids is 1. The van der Waals surface area contributed by atoms with E-state index in [9.17, 15) is 4.79 Å². The van der Waals surface area contributed by atoms with Crippen molar-refractivity contribution in [3.63, 3.8) is 0 Å². The molecule has 0 saturated carbocycles. The second-order valence-corrected chi connectivity index (χ2v) is 3.86. The van der Waals surface area contributed by atoms with Crippen LogP contribution in [0.3, 0.4) is 0 Å². The molecule has 1 amide bonds. The molecule has 0 aliphatic heterocycles. The highest BCUT2D eigenvalue weighted by Gasteiger charge is 2.15. The third kappa shape index (κ3) is 2.36. The summed E-state index contributed by atoms with van der Waals surface area (Å²) in [6.45, 7) is 7.96. The number of nitrogens with zero attached hydrogens (tertiary/aromatic N) is 2. The number of hydrogen-bond donors (Lipinski definition) is 2. The average molecular weight is 210 g/mol. The molecule has 15 heavy (non-hydrogen) atoms. The van der Waals surface area contributed by atoms with Crippen molar-refractivity contribution in [2.24, 2.45) is 5.84 Å². The minimum Gasteiger partial charge on any atom is -0.294 e. The van der Waals surface area contributed by atoms with Crippen LogP contribution in [0.2, 0.25) is 0 Å². The van der Waals surface area contributed by atoms with Gasteiger partial charge in [-0.15, -0.1) is 0 Å². The van der Waals surface area contributed by atoms with Crippen LogP contribution in [0.25, 0.3) is 0 Å². The molecule has 0 aliphatic rings. The molecule has 0 saturated heterocycles. The van der Waals surface area contributed by atoms with Gasteiger partial charge >= 0.3 is 0 Å². The SMILES string of the molecule is Cc1nn([C@H](C)CC(=O)NN)c(C)c1C. The summed E-state index contributed by atoms with van der Waals surface area (Å²) in [7, 11) is 0. The largest absolute Gasteiger partial charge is 0.294 e. The molecule has 3 N–H and O–H groups in total. The van der Waals surface area contributed by atoms with Gasteiger partial charge in [0.2, 0.25) is 5.91 Å². The van der Waals surface area contributed by atoms with Crippen molar-refractivity contribution >= 4 is 5.91 Å². The number of amides is 1. The molecule has 0 fully saturated rings. The maximum atomic E-state index is 11.1. The van der Waals surface area contributed by atoms with Crippen LogP contribution in [0, 0.1) is 20.8 Å². The van der Waals surface area contributed by atoms with E-state index in [1.165, 1.54) is 5.56 Å². The van der Waals surface area contributed by atoms with E-state index < -0.39 is 0 Å². The van der Waals surface area contributed by atoms with E-state index in [1.807, 2.05) is 32.4 Å². The first-order chi connectivity index (χ1) is 6.97. The summed E-state index contributed by atoms with van der Waals surface area (Å²) in [6.07, 6.45) is 0.345.